The van der Waals surface area contributed by atoms with Crippen LogP contribution in [0.3, 0.4) is 0 Å². The molecule has 5 fully saturated rings. The zero-order chi connectivity index (χ0) is 25.7. The van der Waals surface area contributed by atoms with Gasteiger partial charge in [-0.05, 0) is 74.6 Å². The second-order valence-electron chi connectivity index (χ2n) is 13.0. The Morgan fingerprint density at radius 3 is 2.68 bits per heavy atom. The zero-order valence-corrected chi connectivity index (χ0v) is 23.4. The van der Waals surface area contributed by atoms with Crippen LogP contribution in [0.15, 0.2) is 42.5 Å². The third-order valence-electron chi connectivity index (χ3n) is 11.6. The summed E-state index contributed by atoms with van der Waals surface area (Å²) in [6.07, 6.45) is 8.20. The quantitative estimate of drug-likeness (QED) is 0.485. The van der Waals surface area contributed by atoms with E-state index in [4.69, 9.17) is 14.2 Å². The number of piperidine rings is 1. The monoisotopic (exact) mass is 533 g/mol. The fraction of sp³-hybridized carbons (Fsp3) is 0.625. The summed E-state index contributed by atoms with van der Waals surface area (Å²) in [4.78, 5) is 2.87. The lowest BCUT2D eigenvalue weighted by Gasteiger charge is -2.74. The molecule has 38 heavy (non-hydrogen) atoms. The number of fused-ring (bicyclic) bond motifs is 2. The van der Waals surface area contributed by atoms with Crippen molar-refractivity contribution in [1.82, 2.24) is 4.90 Å². The second kappa shape index (κ2) is 8.31. The second-order valence-corrected chi connectivity index (χ2v) is 14.5. The summed E-state index contributed by atoms with van der Waals surface area (Å²) in [6, 6.07) is 15.3. The van der Waals surface area contributed by atoms with Crippen molar-refractivity contribution in [2.45, 2.75) is 73.9 Å². The van der Waals surface area contributed by atoms with Crippen molar-refractivity contribution in [3.8, 4) is 11.5 Å². The number of nitrogens with zero attached hydrogens (tertiary/aromatic N) is 1. The fourth-order valence-corrected chi connectivity index (χ4v) is 11.5. The number of rotatable bonds is 8. The molecule has 6 heteroatoms. The first-order valence-electron chi connectivity index (χ1n) is 14.6. The Labute approximate surface area is 228 Å². The van der Waals surface area contributed by atoms with Gasteiger partial charge >= 0.3 is 0 Å². The highest BCUT2D eigenvalue weighted by Crippen LogP contribution is 2.76. The highest BCUT2D eigenvalue weighted by atomic mass is 32.2. The van der Waals surface area contributed by atoms with Crippen molar-refractivity contribution < 1.29 is 18.4 Å². The SMILES string of the molecule is COc1ccc2c3c1O[C@@H]1C34CCN(CC3CC3)C(C2)[C@]42CC[C@@]1(OC)[C@@H](CS(=O)Cc1ccccc1)C2. The topological polar surface area (TPSA) is 48.0 Å². The third-order valence-corrected chi connectivity index (χ3v) is 13.0. The Bertz CT molecular complexity index is 1300. The summed E-state index contributed by atoms with van der Waals surface area (Å²) in [6.45, 7) is 2.38. The largest absolute Gasteiger partial charge is 0.493 e. The van der Waals surface area contributed by atoms with Gasteiger partial charge in [0.15, 0.2) is 11.5 Å². The number of ether oxygens (including phenoxy) is 3. The number of hydrogen-bond acceptors (Lipinski definition) is 5. The van der Waals surface area contributed by atoms with Gasteiger partial charge in [0.2, 0.25) is 0 Å². The summed E-state index contributed by atoms with van der Waals surface area (Å²) in [5.74, 6) is 4.21. The minimum atomic E-state index is -0.957. The Hall–Kier alpha value is -1.89. The van der Waals surface area contributed by atoms with E-state index < -0.39 is 16.4 Å². The molecule has 202 valence electrons. The molecule has 2 heterocycles. The van der Waals surface area contributed by atoms with Crippen molar-refractivity contribution >= 4 is 10.8 Å². The van der Waals surface area contributed by atoms with Crippen LogP contribution in [-0.4, -0.2) is 59.9 Å². The van der Waals surface area contributed by atoms with Crippen molar-refractivity contribution in [1.29, 1.82) is 0 Å². The molecule has 1 saturated heterocycles. The molecule has 5 aliphatic carbocycles. The highest BCUT2D eigenvalue weighted by Gasteiger charge is 2.80. The molecule has 0 amide bonds. The van der Waals surface area contributed by atoms with Crippen molar-refractivity contribution in [2.75, 3.05) is 33.1 Å². The first kappa shape index (κ1) is 24.0. The van der Waals surface area contributed by atoms with E-state index in [0.29, 0.717) is 17.5 Å². The Kier molecular flexibility index (Phi) is 5.24. The van der Waals surface area contributed by atoms with Gasteiger partial charge < -0.3 is 14.2 Å². The lowest BCUT2D eigenvalue weighted by molar-refractivity contribution is -0.273. The highest BCUT2D eigenvalue weighted by molar-refractivity contribution is 7.84. The molecular weight excluding hydrogens is 494 g/mol. The van der Waals surface area contributed by atoms with Crippen LogP contribution in [-0.2, 0) is 33.1 Å². The van der Waals surface area contributed by atoms with Gasteiger partial charge in [0.25, 0.3) is 0 Å². The van der Waals surface area contributed by atoms with E-state index in [2.05, 4.69) is 29.2 Å². The van der Waals surface area contributed by atoms with Gasteiger partial charge in [-0.25, -0.2) is 0 Å². The van der Waals surface area contributed by atoms with E-state index in [0.717, 1.165) is 55.2 Å². The normalized spacial score (nSPS) is 38.9. The van der Waals surface area contributed by atoms with Crippen LogP contribution in [0.4, 0.5) is 0 Å². The molecule has 0 radical (unpaired) electrons. The molecule has 9 rings (SSSR count). The maximum absolute atomic E-state index is 13.7. The van der Waals surface area contributed by atoms with Crippen molar-refractivity contribution in [3.05, 3.63) is 59.2 Å². The van der Waals surface area contributed by atoms with E-state index in [1.807, 2.05) is 25.3 Å². The van der Waals surface area contributed by atoms with Gasteiger partial charge in [0.05, 0.1) is 7.11 Å². The molecule has 4 saturated carbocycles. The molecule has 5 nitrogen and oxygen atoms in total. The first-order chi connectivity index (χ1) is 18.5. The smallest absolute Gasteiger partial charge is 0.165 e. The minimum Gasteiger partial charge on any atom is -0.493 e. The van der Waals surface area contributed by atoms with Crippen LogP contribution in [0.25, 0.3) is 0 Å². The molecule has 2 aliphatic heterocycles. The number of likely N-dealkylation sites (tertiary alicyclic amines) is 1. The van der Waals surface area contributed by atoms with Gasteiger partial charge in [0.1, 0.15) is 11.7 Å². The molecule has 0 N–H and O–H groups in total. The van der Waals surface area contributed by atoms with E-state index >= 15 is 0 Å². The van der Waals surface area contributed by atoms with Crippen LogP contribution in [0, 0.1) is 17.3 Å². The van der Waals surface area contributed by atoms with Crippen molar-refractivity contribution in [3.63, 3.8) is 0 Å². The number of benzene rings is 2. The van der Waals surface area contributed by atoms with E-state index in [1.165, 1.54) is 36.9 Å². The summed E-state index contributed by atoms with van der Waals surface area (Å²) in [5, 5.41) is 0. The van der Waals surface area contributed by atoms with Crippen LogP contribution in [0.5, 0.6) is 11.5 Å². The fourth-order valence-electron chi connectivity index (χ4n) is 9.94. The van der Waals surface area contributed by atoms with Gasteiger partial charge in [0, 0.05) is 64.3 Å². The average Bonchev–Trinajstić information content (AvgIpc) is 3.67. The number of methoxy groups -OCH3 is 2. The lowest BCUT2D eigenvalue weighted by atomic mass is 9.35. The van der Waals surface area contributed by atoms with Gasteiger partial charge in [-0.3, -0.25) is 9.11 Å². The predicted molar refractivity (Wildman–Crippen MR) is 148 cm³/mol. The van der Waals surface area contributed by atoms with Crippen LogP contribution in [0.2, 0.25) is 0 Å². The van der Waals surface area contributed by atoms with E-state index in [-0.39, 0.29) is 22.9 Å². The lowest BCUT2D eigenvalue weighted by Crippen LogP contribution is -2.81. The van der Waals surface area contributed by atoms with Gasteiger partial charge in [-0.2, -0.15) is 0 Å². The molecule has 3 unspecified atom stereocenters. The molecule has 0 aromatic heterocycles. The molecular formula is C32H39NO4S. The molecule has 2 aromatic rings. The molecule has 7 atom stereocenters. The summed E-state index contributed by atoms with van der Waals surface area (Å²) in [7, 11) is 2.69. The molecule has 4 bridgehead atoms. The summed E-state index contributed by atoms with van der Waals surface area (Å²) in [5.41, 5.74) is 3.72. The standard InChI is InChI=1S/C32H39NO4S/c1-35-25-11-10-23-16-26-30-12-13-32(36-2,24(17-30)20-38(34)19-22-6-4-3-5-7-22)29-31(30,27(23)28(25)37-29)14-15-33(26)18-21-8-9-21/h3-7,10-11,21,24,26,29H,8-9,12-20H2,1-2H3/t24-,26?,29-,30-,31?,32-,38?/m1/s1. The predicted octanol–water partition coefficient (Wildman–Crippen LogP) is 4.87. The Morgan fingerprint density at radius 2 is 1.92 bits per heavy atom. The molecule has 2 spiro atoms. The molecule has 2 aromatic carbocycles. The minimum absolute atomic E-state index is 0.0408. The average molecular weight is 534 g/mol. The molecule has 7 aliphatic rings. The van der Waals surface area contributed by atoms with E-state index in [1.54, 1.807) is 7.11 Å². The maximum atomic E-state index is 13.7. The third kappa shape index (κ3) is 2.98. The zero-order valence-electron chi connectivity index (χ0n) is 22.6. The summed E-state index contributed by atoms with van der Waals surface area (Å²) < 4.78 is 33.3. The van der Waals surface area contributed by atoms with Crippen molar-refractivity contribution in [2.24, 2.45) is 17.3 Å². The summed E-state index contributed by atoms with van der Waals surface area (Å²) >= 11 is 0. The Balaban J connectivity index is 1.24. The van der Waals surface area contributed by atoms with Crippen LogP contribution < -0.4 is 9.47 Å². The van der Waals surface area contributed by atoms with Crippen LogP contribution >= 0.6 is 0 Å². The number of hydrogen-bond donors (Lipinski definition) is 0. The maximum Gasteiger partial charge on any atom is 0.165 e. The van der Waals surface area contributed by atoms with E-state index in [9.17, 15) is 4.21 Å². The van der Waals surface area contributed by atoms with Gasteiger partial charge in [-0.15, -0.1) is 0 Å². The Morgan fingerprint density at radius 1 is 1.08 bits per heavy atom. The van der Waals surface area contributed by atoms with Crippen LogP contribution in [0.1, 0.15) is 55.2 Å². The first-order valence-corrected chi connectivity index (χ1v) is 16.1. The van der Waals surface area contributed by atoms with Gasteiger partial charge in [-0.1, -0.05) is 36.4 Å².